The summed E-state index contributed by atoms with van der Waals surface area (Å²) in [5.41, 5.74) is 0.856. The lowest BCUT2D eigenvalue weighted by Crippen LogP contribution is -2.29. The quantitative estimate of drug-likeness (QED) is 0.171. The van der Waals surface area contributed by atoms with Gasteiger partial charge < -0.3 is 9.84 Å². The predicted octanol–water partition coefficient (Wildman–Crippen LogP) is 7.49. The third kappa shape index (κ3) is 15.6. The third-order valence-corrected chi connectivity index (χ3v) is 5.80. The van der Waals surface area contributed by atoms with E-state index in [4.69, 9.17) is 4.74 Å². The molecule has 1 rings (SSSR count). The molecular weight excluding hydrogens is 388 g/mol. The van der Waals surface area contributed by atoms with Gasteiger partial charge in [0, 0.05) is 12.8 Å². The first-order valence-corrected chi connectivity index (χ1v) is 12.6. The molecule has 1 aromatic rings. The number of carbonyl (C=O) groups excluding carboxylic acids is 1. The first-order valence-electron chi connectivity index (χ1n) is 12.6. The zero-order chi connectivity index (χ0) is 22.6. The van der Waals surface area contributed by atoms with E-state index in [1.807, 2.05) is 30.3 Å². The molecule has 0 unspecified atom stereocenters. The molecule has 1 aromatic carbocycles. The van der Waals surface area contributed by atoms with E-state index in [9.17, 15) is 14.7 Å². The van der Waals surface area contributed by atoms with Crippen LogP contribution >= 0.6 is 0 Å². The third-order valence-electron chi connectivity index (χ3n) is 5.80. The Labute approximate surface area is 189 Å². The SMILES string of the molecule is CCCCCCCCCCCCCCCCCC(=O)O[C@@H](Cc1ccccc1)C(=O)O. The zero-order valence-corrected chi connectivity index (χ0v) is 19.7. The highest BCUT2D eigenvalue weighted by Gasteiger charge is 2.22. The van der Waals surface area contributed by atoms with Crippen molar-refractivity contribution in [3.8, 4) is 0 Å². The van der Waals surface area contributed by atoms with Gasteiger partial charge in [-0.2, -0.15) is 0 Å². The van der Waals surface area contributed by atoms with Gasteiger partial charge in [0.1, 0.15) is 0 Å². The van der Waals surface area contributed by atoms with Crippen LogP contribution in [0.5, 0.6) is 0 Å². The minimum atomic E-state index is -1.11. The second kappa shape index (κ2) is 18.9. The molecule has 0 bridgehead atoms. The number of aliphatic carboxylic acids is 1. The standard InChI is InChI=1S/C27H44O4/c1-2-3-4-5-6-7-8-9-10-11-12-13-14-15-19-22-26(28)31-25(27(29)30)23-24-20-17-16-18-21-24/h16-18,20-21,25H,2-15,19,22-23H2,1H3,(H,29,30)/t25-/m0/s1. The summed E-state index contributed by atoms with van der Waals surface area (Å²) >= 11 is 0. The number of hydrogen-bond donors (Lipinski definition) is 1. The van der Waals surface area contributed by atoms with Crippen molar-refractivity contribution in [1.29, 1.82) is 0 Å². The van der Waals surface area contributed by atoms with Crippen LogP contribution in [0.25, 0.3) is 0 Å². The number of unbranched alkanes of at least 4 members (excludes halogenated alkanes) is 14. The first-order chi connectivity index (χ1) is 15.1. The van der Waals surface area contributed by atoms with E-state index >= 15 is 0 Å². The molecule has 0 heterocycles. The second-order valence-corrected chi connectivity index (χ2v) is 8.71. The van der Waals surface area contributed by atoms with Crippen molar-refractivity contribution in [3.63, 3.8) is 0 Å². The summed E-state index contributed by atoms with van der Waals surface area (Å²) in [6, 6.07) is 9.27. The molecule has 1 N–H and O–H groups in total. The van der Waals surface area contributed by atoms with Gasteiger partial charge in [-0.25, -0.2) is 4.79 Å². The van der Waals surface area contributed by atoms with Crippen molar-refractivity contribution in [2.75, 3.05) is 0 Å². The smallest absolute Gasteiger partial charge is 0.345 e. The highest BCUT2D eigenvalue weighted by Crippen LogP contribution is 2.14. The Morgan fingerprint density at radius 2 is 1.19 bits per heavy atom. The molecule has 0 aromatic heterocycles. The molecule has 4 heteroatoms. The highest BCUT2D eigenvalue weighted by atomic mass is 16.6. The number of ether oxygens (including phenoxy) is 1. The molecule has 31 heavy (non-hydrogen) atoms. The summed E-state index contributed by atoms with van der Waals surface area (Å²) in [5.74, 6) is -1.49. The number of carbonyl (C=O) groups is 2. The Kier molecular flexibility index (Phi) is 16.6. The fourth-order valence-electron chi connectivity index (χ4n) is 3.87. The molecule has 0 radical (unpaired) electrons. The summed E-state index contributed by atoms with van der Waals surface area (Å²) in [5, 5.41) is 9.31. The van der Waals surface area contributed by atoms with Gasteiger partial charge in [-0.15, -0.1) is 0 Å². The predicted molar refractivity (Wildman–Crippen MR) is 127 cm³/mol. The lowest BCUT2D eigenvalue weighted by molar-refractivity contribution is -0.164. The van der Waals surface area contributed by atoms with Gasteiger partial charge in [-0.05, 0) is 12.0 Å². The average Bonchev–Trinajstić information content (AvgIpc) is 2.76. The lowest BCUT2D eigenvalue weighted by atomic mass is 10.0. The van der Waals surface area contributed by atoms with E-state index in [-0.39, 0.29) is 6.42 Å². The van der Waals surface area contributed by atoms with Crippen LogP contribution in [0.4, 0.5) is 0 Å². The van der Waals surface area contributed by atoms with Crippen LogP contribution in [0.2, 0.25) is 0 Å². The maximum Gasteiger partial charge on any atom is 0.345 e. The molecular formula is C27H44O4. The van der Waals surface area contributed by atoms with E-state index in [0.29, 0.717) is 6.42 Å². The maximum absolute atomic E-state index is 12.0. The summed E-state index contributed by atoms with van der Waals surface area (Å²) in [6.07, 6.45) is 18.6. The van der Waals surface area contributed by atoms with Crippen LogP contribution in [0.15, 0.2) is 30.3 Å². The Hall–Kier alpha value is -1.84. The largest absolute Gasteiger partial charge is 0.478 e. The van der Waals surface area contributed by atoms with E-state index in [0.717, 1.165) is 24.8 Å². The van der Waals surface area contributed by atoms with Crippen LogP contribution in [0, 0.1) is 0 Å². The van der Waals surface area contributed by atoms with Gasteiger partial charge in [0.25, 0.3) is 0 Å². The number of rotatable bonds is 20. The number of esters is 1. The van der Waals surface area contributed by atoms with Gasteiger partial charge in [-0.3, -0.25) is 4.79 Å². The Balaban J connectivity index is 1.95. The summed E-state index contributed by atoms with van der Waals surface area (Å²) in [6.45, 7) is 2.26. The van der Waals surface area contributed by atoms with Crippen LogP contribution in [0.3, 0.4) is 0 Å². The molecule has 0 saturated carbocycles. The van der Waals surface area contributed by atoms with Gasteiger partial charge in [0.2, 0.25) is 6.10 Å². The van der Waals surface area contributed by atoms with E-state index in [2.05, 4.69) is 6.92 Å². The molecule has 4 nitrogen and oxygen atoms in total. The average molecular weight is 433 g/mol. The molecule has 0 aliphatic carbocycles. The first kappa shape index (κ1) is 27.2. The fraction of sp³-hybridized carbons (Fsp3) is 0.704. The Bertz CT molecular complexity index is 570. The van der Waals surface area contributed by atoms with Gasteiger partial charge in [0.05, 0.1) is 0 Å². The zero-order valence-electron chi connectivity index (χ0n) is 19.7. The molecule has 0 aliphatic rings. The van der Waals surface area contributed by atoms with Crippen molar-refractivity contribution in [2.24, 2.45) is 0 Å². The molecule has 0 amide bonds. The molecule has 0 aliphatic heterocycles. The van der Waals surface area contributed by atoms with Crippen LogP contribution < -0.4 is 0 Å². The molecule has 0 spiro atoms. The van der Waals surface area contributed by atoms with E-state index in [1.54, 1.807) is 0 Å². The molecule has 176 valence electrons. The van der Waals surface area contributed by atoms with Crippen molar-refractivity contribution in [3.05, 3.63) is 35.9 Å². The van der Waals surface area contributed by atoms with E-state index < -0.39 is 18.0 Å². The fourth-order valence-corrected chi connectivity index (χ4v) is 3.87. The van der Waals surface area contributed by atoms with Crippen molar-refractivity contribution < 1.29 is 19.4 Å². The van der Waals surface area contributed by atoms with Crippen LogP contribution in [-0.4, -0.2) is 23.1 Å². The molecule has 0 saturated heterocycles. The van der Waals surface area contributed by atoms with E-state index in [1.165, 1.54) is 77.0 Å². The number of carboxylic acid groups (broad SMARTS) is 1. The normalized spacial score (nSPS) is 11.9. The lowest BCUT2D eigenvalue weighted by Gasteiger charge is -2.14. The minimum absolute atomic E-state index is 0.209. The van der Waals surface area contributed by atoms with Crippen LogP contribution in [-0.2, 0) is 20.7 Å². The van der Waals surface area contributed by atoms with Crippen molar-refractivity contribution in [1.82, 2.24) is 0 Å². The van der Waals surface area contributed by atoms with Crippen molar-refractivity contribution in [2.45, 2.75) is 122 Å². The second-order valence-electron chi connectivity index (χ2n) is 8.71. The number of carboxylic acids is 1. The topological polar surface area (TPSA) is 63.6 Å². The minimum Gasteiger partial charge on any atom is -0.478 e. The number of hydrogen-bond acceptors (Lipinski definition) is 3. The maximum atomic E-state index is 12.0. The van der Waals surface area contributed by atoms with Crippen molar-refractivity contribution >= 4 is 11.9 Å². The van der Waals surface area contributed by atoms with Gasteiger partial charge in [0.15, 0.2) is 0 Å². The summed E-state index contributed by atoms with van der Waals surface area (Å²) in [7, 11) is 0. The molecule has 1 atom stereocenters. The Morgan fingerprint density at radius 3 is 1.65 bits per heavy atom. The van der Waals surface area contributed by atoms with Crippen LogP contribution in [0.1, 0.15) is 115 Å². The Morgan fingerprint density at radius 1 is 0.742 bits per heavy atom. The monoisotopic (exact) mass is 432 g/mol. The summed E-state index contributed by atoms with van der Waals surface area (Å²) in [4.78, 5) is 23.4. The highest BCUT2D eigenvalue weighted by molar-refractivity contribution is 5.78. The van der Waals surface area contributed by atoms with Gasteiger partial charge in [-0.1, -0.05) is 127 Å². The number of benzene rings is 1. The van der Waals surface area contributed by atoms with Gasteiger partial charge >= 0.3 is 11.9 Å². The summed E-state index contributed by atoms with van der Waals surface area (Å²) < 4.78 is 5.20. The molecule has 0 fully saturated rings.